The number of hydrogen-bond acceptors (Lipinski definition) is 6. The maximum absolute atomic E-state index is 14.7. The molecule has 0 saturated heterocycles. The van der Waals surface area contributed by atoms with Gasteiger partial charge in [-0.25, -0.2) is 24.1 Å². The summed E-state index contributed by atoms with van der Waals surface area (Å²) in [6.45, 7) is 2.01. The van der Waals surface area contributed by atoms with E-state index >= 15 is 0 Å². The fourth-order valence-electron chi connectivity index (χ4n) is 3.77. The topological polar surface area (TPSA) is 77.9 Å². The molecule has 4 heterocycles. The zero-order chi connectivity index (χ0) is 24.4. The normalized spacial score (nSPS) is 10.9. The monoisotopic (exact) mass is 484 g/mol. The second kappa shape index (κ2) is 9.56. The summed E-state index contributed by atoms with van der Waals surface area (Å²) < 4.78 is 19.7. The first-order chi connectivity index (χ1) is 17.0. The lowest BCUT2D eigenvalue weighted by Gasteiger charge is -2.11. The molecule has 5 rings (SSSR count). The Bertz CT molecular complexity index is 1570. The summed E-state index contributed by atoms with van der Waals surface area (Å²) in [6.07, 6.45) is 5.01. The highest BCUT2D eigenvalue weighted by Gasteiger charge is 2.15. The highest BCUT2D eigenvalue weighted by molar-refractivity contribution is 6.30. The van der Waals surface area contributed by atoms with Crippen LogP contribution in [0.3, 0.4) is 0 Å². The third kappa shape index (κ3) is 4.58. The van der Waals surface area contributed by atoms with Crippen LogP contribution in [0.15, 0.2) is 79.3 Å². The number of carbonyl (C=O) groups is 1. The van der Waals surface area contributed by atoms with Crippen molar-refractivity contribution in [2.24, 2.45) is 0 Å². The Hall–Kier alpha value is -4.23. The van der Waals surface area contributed by atoms with Gasteiger partial charge in [0.15, 0.2) is 5.65 Å². The molecule has 0 unspecified atom stereocenters. The van der Waals surface area contributed by atoms with E-state index < -0.39 is 11.8 Å². The van der Waals surface area contributed by atoms with E-state index in [1.54, 1.807) is 49.8 Å². The van der Waals surface area contributed by atoms with E-state index in [1.807, 2.05) is 18.2 Å². The molecule has 0 aliphatic rings. The third-order valence-corrected chi connectivity index (χ3v) is 5.60. The quantitative estimate of drug-likeness (QED) is 0.269. The Balaban J connectivity index is 1.65. The van der Waals surface area contributed by atoms with Gasteiger partial charge in [0.1, 0.15) is 11.5 Å². The van der Waals surface area contributed by atoms with Crippen molar-refractivity contribution in [2.45, 2.75) is 6.92 Å². The number of pyridine rings is 4. The number of aromatic nitrogens is 4. The molecule has 8 heteroatoms. The van der Waals surface area contributed by atoms with Crippen LogP contribution in [0.5, 0.6) is 0 Å². The fraction of sp³-hybridized carbons (Fsp3) is 0.0741. The molecule has 4 aromatic heterocycles. The number of hydrogen-bond donors (Lipinski definition) is 0. The van der Waals surface area contributed by atoms with E-state index in [4.69, 9.17) is 16.3 Å². The molecule has 0 atom stereocenters. The van der Waals surface area contributed by atoms with Crippen molar-refractivity contribution in [1.82, 2.24) is 19.9 Å². The number of fused-ring (bicyclic) bond motifs is 1. The van der Waals surface area contributed by atoms with E-state index in [9.17, 15) is 9.18 Å². The van der Waals surface area contributed by atoms with Gasteiger partial charge in [0.05, 0.1) is 18.0 Å². The first-order valence-electron chi connectivity index (χ1n) is 10.8. The summed E-state index contributed by atoms with van der Waals surface area (Å²) in [7, 11) is 0. The van der Waals surface area contributed by atoms with Crippen LogP contribution < -0.4 is 0 Å². The lowest BCUT2D eigenvalue weighted by atomic mass is 9.99. The number of carbonyl (C=O) groups excluding carboxylic acids is 1. The van der Waals surface area contributed by atoms with Crippen molar-refractivity contribution >= 4 is 28.6 Å². The number of esters is 1. The van der Waals surface area contributed by atoms with Gasteiger partial charge in [0.2, 0.25) is 0 Å². The molecule has 0 radical (unpaired) electrons. The van der Waals surface area contributed by atoms with Gasteiger partial charge in [0.25, 0.3) is 0 Å². The molecule has 6 nitrogen and oxygen atoms in total. The van der Waals surface area contributed by atoms with E-state index in [0.717, 1.165) is 16.5 Å². The van der Waals surface area contributed by atoms with Crippen LogP contribution in [0.4, 0.5) is 4.39 Å². The second-order valence-electron chi connectivity index (χ2n) is 7.64. The number of nitrogens with zero attached hydrogens (tertiary/aromatic N) is 4. The van der Waals surface area contributed by atoms with Crippen molar-refractivity contribution in [2.75, 3.05) is 6.61 Å². The SMILES string of the molecule is CCOC(=O)c1cccc(-c2cncc(-c3cc(-c4cc(Cl)ccc4F)nc4ncccc34)c2)n1. The van der Waals surface area contributed by atoms with E-state index in [0.29, 0.717) is 27.6 Å². The molecule has 0 fully saturated rings. The summed E-state index contributed by atoms with van der Waals surface area (Å²) in [5.74, 6) is -0.923. The van der Waals surface area contributed by atoms with Gasteiger partial charge in [-0.3, -0.25) is 4.98 Å². The number of ether oxygens (including phenoxy) is 1. The molecule has 0 N–H and O–H groups in total. The average molecular weight is 485 g/mol. The Morgan fingerprint density at radius 2 is 1.80 bits per heavy atom. The van der Waals surface area contributed by atoms with Gasteiger partial charge in [-0.2, -0.15) is 0 Å². The zero-order valence-electron chi connectivity index (χ0n) is 18.6. The summed E-state index contributed by atoms with van der Waals surface area (Å²) >= 11 is 6.13. The first-order valence-corrected chi connectivity index (χ1v) is 11.2. The highest BCUT2D eigenvalue weighted by Crippen LogP contribution is 2.34. The van der Waals surface area contributed by atoms with Crippen molar-refractivity contribution in [3.05, 3.63) is 95.8 Å². The molecule has 0 spiro atoms. The molecule has 5 aromatic rings. The summed E-state index contributed by atoms with van der Waals surface area (Å²) in [5, 5.41) is 1.19. The predicted molar refractivity (Wildman–Crippen MR) is 132 cm³/mol. The van der Waals surface area contributed by atoms with Crippen LogP contribution >= 0.6 is 11.6 Å². The summed E-state index contributed by atoms with van der Waals surface area (Å²) in [5.41, 5.74) is 4.17. The van der Waals surface area contributed by atoms with Crippen molar-refractivity contribution in [3.8, 4) is 33.6 Å². The Morgan fingerprint density at radius 3 is 2.66 bits per heavy atom. The highest BCUT2D eigenvalue weighted by atomic mass is 35.5. The molecule has 35 heavy (non-hydrogen) atoms. The number of benzene rings is 1. The minimum atomic E-state index is -0.488. The fourth-order valence-corrected chi connectivity index (χ4v) is 3.94. The van der Waals surface area contributed by atoms with Crippen LogP contribution in [0.1, 0.15) is 17.4 Å². The van der Waals surface area contributed by atoms with Gasteiger partial charge >= 0.3 is 5.97 Å². The van der Waals surface area contributed by atoms with Crippen LogP contribution in [-0.2, 0) is 4.74 Å². The predicted octanol–water partition coefficient (Wildman–Crippen LogP) is 6.39. The maximum Gasteiger partial charge on any atom is 0.356 e. The zero-order valence-corrected chi connectivity index (χ0v) is 19.3. The smallest absolute Gasteiger partial charge is 0.356 e. The molecule has 0 aliphatic carbocycles. The van der Waals surface area contributed by atoms with Crippen molar-refractivity contribution in [3.63, 3.8) is 0 Å². The number of rotatable bonds is 5. The summed E-state index contributed by atoms with van der Waals surface area (Å²) in [4.78, 5) is 29.9. The van der Waals surface area contributed by atoms with Crippen LogP contribution in [-0.4, -0.2) is 32.5 Å². The second-order valence-corrected chi connectivity index (χ2v) is 8.08. The largest absolute Gasteiger partial charge is 0.461 e. The van der Waals surface area contributed by atoms with Gasteiger partial charge < -0.3 is 4.74 Å². The maximum atomic E-state index is 14.7. The van der Waals surface area contributed by atoms with Gasteiger partial charge in [0, 0.05) is 45.7 Å². The van der Waals surface area contributed by atoms with Gasteiger partial charge in [-0.15, -0.1) is 0 Å². The van der Waals surface area contributed by atoms with Gasteiger partial charge in [-0.1, -0.05) is 17.7 Å². The molecule has 172 valence electrons. The first kappa shape index (κ1) is 22.6. The standard InChI is InChI=1S/C27H18ClFN4O2/c1-2-35-27(34)24-7-3-6-23(32-24)17-11-16(14-30-15-17)20-13-25(21-12-18(28)8-9-22(21)29)33-26-19(20)5-4-10-31-26/h3-15H,2H2,1H3. The van der Waals surface area contributed by atoms with Crippen molar-refractivity contribution in [1.29, 1.82) is 0 Å². The Morgan fingerprint density at radius 1 is 0.943 bits per heavy atom. The molecular formula is C27H18ClFN4O2. The molecule has 1 aromatic carbocycles. The van der Waals surface area contributed by atoms with Crippen LogP contribution in [0.25, 0.3) is 44.7 Å². The molecule has 0 bridgehead atoms. The van der Waals surface area contributed by atoms with E-state index in [1.165, 1.54) is 18.2 Å². The molecule has 0 saturated carbocycles. The van der Waals surface area contributed by atoms with Crippen molar-refractivity contribution < 1.29 is 13.9 Å². The van der Waals surface area contributed by atoms with E-state index in [2.05, 4.69) is 19.9 Å². The lowest BCUT2D eigenvalue weighted by Crippen LogP contribution is -2.07. The van der Waals surface area contributed by atoms with Crippen LogP contribution in [0, 0.1) is 5.82 Å². The average Bonchev–Trinajstić information content (AvgIpc) is 2.89. The minimum absolute atomic E-state index is 0.215. The molecule has 0 aliphatic heterocycles. The number of halogens is 2. The minimum Gasteiger partial charge on any atom is -0.461 e. The molecule has 0 amide bonds. The summed E-state index contributed by atoms with van der Waals surface area (Å²) in [6, 6.07) is 16.9. The molecular weight excluding hydrogens is 467 g/mol. The van der Waals surface area contributed by atoms with Crippen LogP contribution in [0.2, 0.25) is 5.02 Å². The third-order valence-electron chi connectivity index (χ3n) is 5.37. The Kier molecular flexibility index (Phi) is 6.16. The lowest BCUT2D eigenvalue weighted by molar-refractivity contribution is 0.0519. The Labute approximate surface area is 205 Å². The van der Waals surface area contributed by atoms with Gasteiger partial charge in [-0.05, 0) is 67.1 Å². The van der Waals surface area contributed by atoms with E-state index in [-0.39, 0.29) is 17.9 Å².